The van der Waals surface area contributed by atoms with E-state index in [1.165, 1.54) is 0 Å². The van der Waals surface area contributed by atoms with Gasteiger partial charge in [-0.2, -0.15) is 0 Å². The summed E-state index contributed by atoms with van der Waals surface area (Å²) >= 11 is 0. The fourth-order valence-electron chi connectivity index (χ4n) is 3.34. The smallest absolute Gasteiger partial charge is 0.218 e. The van der Waals surface area contributed by atoms with E-state index < -0.39 is 6.29 Å². The van der Waals surface area contributed by atoms with Crippen LogP contribution in [-0.2, 0) is 14.3 Å². The summed E-state index contributed by atoms with van der Waals surface area (Å²) in [5.41, 5.74) is 1.81. The quantitative estimate of drug-likeness (QED) is 0.752. The summed E-state index contributed by atoms with van der Waals surface area (Å²) in [6.45, 7) is 2.42. The summed E-state index contributed by atoms with van der Waals surface area (Å²) in [4.78, 5) is 24.5. The van der Waals surface area contributed by atoms with Crippen LogP contribution in [0.25, 0.3) is 0 Å². The van der Waals surface area contributed by atoms with Crippen molar-refractivity contribution >= 4 is 11.6 Å². The highest BCUT2D eigenvalue weighted by molar-refractivity contribution is 6.05. The van der Waals surface area contributed by atoms with E-state index in [0.29, 0.717) is 12.2 Å². The standard InChI is InChI=1S/C15H14O4/c1-7-2-4-8(5-3-7)13(16)11-10-9-6-18-15(19-9)14(17)12(10)11/h2-5,9-12,15H,6H2,1H3/t9-,10+,11+,12+,15-/m1/s1. The van der Waals surface area contributed by atoms with Crippen LogP contribution in [0.4, 0.5) is 0 Å². The lowest BCUT2D eigenvalue weighted by Gasteiger charge is -2.14. The number of hydrogen-bond donors (Lipinski definition) is 0. The molecule has 1 aromatic carbocycles. The molecule has 3 fully saturated rings. The Morgan fingerprint density at radius 2 is 2.00 bits per heavy atom. The van der Waals surface area contributed by atoms with Crippen LogP contribution in [0.3, 0.4) is 0 Å². The second-order valence-corrected chi connectivity index (χ2v) is 5.60. The minimum absolute atomic E-state index is 0.0278. The number of rotatable bonds is 2. The van der Waals surface area contributed by atoms with E-state index in [1.54, 1.807) is 0 Å². The van der Waals surface area contributed by atoms with Crippen molar-refractivity contribution in [2.75, 3.05) is 6.61 Å². The summed E-state index contributed by atoms with van der Waals surface area (Å²) in [5.74, 6) is -0.335. The van der Waals surface area contributed by atoms with Crippen LogP contribution in [0.1, 0.15) is 15.9 Å². The van der Waals surface area contributed by atoms with Gasteiger partial charge in [-0.25, -0.2) is 0 Å². The first-order valence-corrected chi connectivity index (χ1v) is 6.58. The van der Waals surface area contributed by atoms with E-state index in [1.807, 2.05) is 31.2 Å². The Hall–Kier alpha value is -1.52. The van der Waals surface area contributed by atoms with E-state index in [0.717, 1.165) is 5.56 Å². The molecule has 98 valence electrons. The normalized spacial score (nSPS) is 39.0. The fraction of sp³-hybridized carbons (Fsp3) is 0.467. The third-order valence-electron chi connectivity index (χ3n) is 4.41. The number of hydrogen-bond acceptors (Lipinski definition) is 4. The average molecular weight is 258 g/mol. The maximum absolute atomic E-state index is 12.5. The lowest BCUT2D eigenvalue weighted by molar-refractivity contribution is -0.153. The number of benzene rings is 1. The molecule has 19 heavy (non-hydrogen) atoms. The largest absolute Gasteiger partial charge is 0.343 e. The Bertz CT molecular complexity index is 562. The number of aryl methyl sites for hydroxylation is 1. The van der Waals surface area contributed by atoms with E-state index in [-0.39, 0.29) is 35.4 Å². The van der Waals surface area contributed by atoms with Crippen molar-refractivity contribution in [1.29, 1.82) is 0 Å². The zero-order valence-corrected chi connectivity index (χ0v) is 10.5. The highest BCUT2D eigenvalue weighted by Gasteiger charge is 2.68. The number of carbonyl (C=O) groups is 2. The highest BCUT2D eigenvalue weighted by Crippen LogP contribution is 2.57. The molecule has 1 saturated carbocycles. The van der Waals surface area contributed by atoms with Crippen molar-refractivity contribution in [3.8, 4) is 0 Å². The lowest BCUT2D eigenvalue weighted by Crippen LogP contribution is -2.30. The zero-order chi connectivity index (χ0) is 13.1. The molecular weight excluding hydrogens is 244 g/mol. The van der Waals surface area contributed by atoms with Crippen LogP contribution >= 0.6 is 0 Å². The van der Waals surface area contributed by atoms with Crippen LogP contribution in [0.15, 0.2) is 24.3 Å². The van der Waals surface area contributed by atoms with Gasteiger partial charge in [0.25, 0.3) is 0 Å². The number of ether oxygens (including phenoxy) is 2. The van der Waals surface area contributed by atoms with Gasteiger partial charge in [-0.05, 0) is 6.92 Å². The molecule has 4 rings (SSSR count). The Balaban J connectivity index is 1.60. The molecule has 0 amide bonds. The van der Waals surface area contributed by atoms with Gasteiger partial charge in [0, 0.05) is 23.3 Å². The average Bonchev–Trinajstić information content (AvgIpc) is 3.02. The summed E-state index contributed by atoms with van der Waals surface area (Å²) in [6.07, 6.45) is -0.797. The molecule has 1 aromatic rings. The van der Waals surface area contributed by atoms with Crippen LogP contribution < -0.4 is 0 Å². The second kappa shape index (κ2) is 3.74. The molecule has 4 nitrogen and oxygen atoms in total. The lowest BCUT2D eigenvalue weighted by atomic mass is 10.0. The van der Waals surface area contributed by atoms with E-state index >= 15 is 0 Å². The Morgan fingerprint density at radius 1 is 1.26 bits per heavy atom. The molecule has 0 unspecified atom stereocenters. The summed E-state index contributed by atoms with van der Waals surface area (Å²) in [6, 6.07) is 7.52. The molecule has 1 aliphatic carbocycles. The molecule has 2 aliphatic heterocycles. The molecule has 2 bridgehead atoms. The van der Waals surface area contributed by atoms with Gasteiger partial charge in [0.05, 0.1) is 12.7 Å². The van der Waals surface area contributed by atoms with Crippen molar-refractivity contribution in [1.82, 2.24) is 0 Å². The SMILES string of the molecule is Cc1ccc(C(=O)[C@@H]2[C@H]3C(=O)[C@@H]4OC[C@@H](O4)[C@@H]23)cc1. The van der Waals surface area contributed by atoms with Crippen molar-refractivity contribution in [3.63, 3.8) is 0 Å². The summed E-state index contributed by atoms with van der Waals surface area (Å²) in [5, 5.41) is 0. The second-order valence-electron chi connectivity index (χ2n) is 5.60. The van der Waals surface area contributed by atoms with Gasteiger partial charge in [0.15, 0.2) is 11.6 Å². The monoisotopic (exact) mass is 258 g/mol. The molecule has 2 heterocycles. The van der Waals surface area contributed by atoms with Gasteiger partial charge in [-0.15, -0.1) is 0 Å². The van der Waals surface area contributed by atoms with Crippen LogP contribution in [0.2, 0.25) is 0 Å². The summed E-state index contributed by atoms with van der Waals surface area (Å²) in [7, 11) is 0. The first-order chi connectivity index (χ1) is 9.16. The van der Waals surface area contributed by atoms with Crippen molar-refractivity contribution in [2.45, 2.75) is 19.3 Å². The molecule has 0 aromatic heterocycles. The molecule has 2 saturated heterocycles. The minimum Gasteiger partial charge on any atom is -0.343 e. The van der Waals surface area contributed by atoms with Gasteiger partial charge in [0.2, 0.25) is 6.29 Å². The van der Waals surface area contributed by atoms with Gasteiger partial charge in [-0.3, -0.25) is 9.59 Å². The third-order valence-corrected chi connectivity index (χ3v) is 4.41. The highest BCUT2D eigenvalue weighted by atomic mass is 16.7. The van der Waals surface area contributed by atoms with E-state index in [2.05, 4.69) is 0 Å². The van der Waals surface area contributed by atoms with Crippen LogP contribution in [-0.4, -0.2) is 30.6 Å². The van der Waals surface area contributed by atoms with Crippen molar-refractivity contribution in [2.24, 2.45) is 17.8 Å². The Morgan fingerprint density at radius 3 is 2.74 bits per heavy atom. The van der Waals surface area contributed by atoms with E-state index in [9.17, 15) is 9.59 Å². The molecule has 3 aliphatic rings. The predicted octanol–water partition coefficient (Wildman–Crippen LogP) is 1.36. The van der Waals surface area contributed by atoms with Crippen LogP contribution in [0.5, 0.6) is 0 Å². The topological polar surface area (TPSA) is 52.6 Å². The van der Waals surface area contributed by atoms with Crippen molar-refractivity contribution < 1.29 is 19.1 Å². The molecule has 0 radical (unpaired) electrons. The van der Waals surface area contributed by atoms with Gasteiger partial charge < -0.3 is 9.47 Å². The number of fused-ring (bicyclic) bond motifs is 4. The fourth-order valence-corrected chi connectivity index (χ4v) is 3.34. The zero-order valence-electron chi connectivity index (χ0n) is 10.5. The maximum atomic E-state index is 12.5. The number of ketones is 2. The first kappa shape index (κ1) is 11.3. The Kier molecular flexibility index (Phi) is 2.23. The van der Waals surface area contributed by atoms with Gasteiger partial charge in [0.1, 0.15) is 0 Å². The molecule has 4 heteroatoms. The third kappa shape index (κ3) is 1.53. The minimum atomic E-state index is -0.720. The van der Waals surface area contributed by atoms with E-state index in [4.69, 9.17) is 9.47 Å². The van der Waals surface area contributed by atoms with Crippen LogP contribution in [0, 0.1) is 24.7 Å². The first-order valence-electron chi connectivity index (χ1n) is 6.58. The van der Waals surface area contributed by atoms with Crippen molar-refractivity contribution in [3.05, 3.63) is 35.4 Å². The molecule has 0 N–H and O–H groups in total. The van der Waals surface area contributed by atoms with Gasteiger partial charge in [-0.1, -0.05) is 29.8 Å². The molecular formula is C15H14O4. The Labute approximate surface area is 110 Å². The molecule has 0 spiro atoms. The maximum Gasteiger partial charge on any atom is 0.218 e. The number of carbonyl (C=O) groups excluding carboxylic acids is 2. The van der Waals surface area contributed by atoms with Gasteiger partial charge >= 0.3 is 0 Å². The predicted molar refractivity (Wildman–Crippen MR) is 65.6 cm³/mol. The summed E-state index contributed by atoms with van der Waals surface area (Å²) < 4.78 is 10.7. The molecule has 5 atom stereocenters. The number of Topliss-reactive ketones (excluding diaryl/α,β-unsaturated/α-hetero) is 2.